The lowest BCUT2D eigenvalue weighted by atomic mass is 10.0. The van der Waals surface area contributed by atoms with Crippen LogP contribution in [0.3, 0.4) is 0 Å². The first-order valence-electron chi connectivity index (χ1n) is 15.8. The van der Waals surface area contributed by atoms with Crippen molar-refractivity contribution in [1.29, 1.82) is 0 Å². The van der Waals surface area contributed by atoms with Gasteiger partial charge in [0.1, 0.15) is 42.3 Å². The van der Waals surface area contributed by atoms with E-state index in [0.717, 1.165) is 5.56 Å². The highest BCUT2D eigenvalue weighted by Gasteiger charge is 2.30. The van der Waals surface area contributed by atoms with Crippen LogP contribution < -0.4 is 26.2 Å². The zero-order valence-electron chi connectivity index (χ0n) is 27.4. The first-order valence-corrected chi connectivity index (χ1v) is 17.3. The lowest BCUT2D eigenvalue weighted by Gasteiger charge is -2.25. The van der Waals surface area contributed by atoms with Crippen LogP contribution in [0, 0.1) is 0 Å². The third-order valence-electron chi connectivity index (χ3n) is 7.80. The molecule has 3 atom stereocenters. The Kier molecular flexibility index (Phi) is 11.9. The van der Waals surface area contributed by atoms with Gasteiger partial charge >= 0.3 is 13.8 Å². The molecule has 0 saturated heterocycles. The molecule has 0 spiro atoms. The van der Waals surface area contributed by atoms with E-state index in [9.17, 15) is 28.8 Å². The summed E-state index contributed by atoms with van der Waals surface area (Å²) >= 11 is 0. The summed E-state index contributed by atoms with van der Waals surface area (Å²) in [5.41, 5.74) is 8.32. The highest BCUT2D eigenvalue weighted by Crippen LogP contribution is 2.37. The molecule has 17 nitrogen and oxygen atoms in total. The number of aromatic nitrogens is 4. The Morgan fingerprint density at radius 1 is 0.731 bits per heavy atom. The average Bonchev–Trinajstić information content (AvgIpc) is 3.51. The number of hydrogen-bond donors (Lipinski definition) is 7. The highest BCUT2D eigenvalue weighted by atomic mass is 31.2. The number of carboxylic acids is 1. The topological polar surface area (TPSA) is 261 Å². The van der Waals surface area contributed by atoms with Crippen LogP contribution in [0.2, 0.25) is 0 Å². The Morgan fingerprint density at radius 3 is 1.81 bits per heavy atom. The van der Waals surface area contributed by atoms with Gasteiger partial charge in [-0.1, -0.05) is 72.8 Å². The summed E-state index contributed by atoms with van der Waals surface area (Å²) in [7, 11) is -4.80. The number of phosphoric acid groups is 1. The number of benzene rings is 3. The second kappa shape index (κ2) is 16.7. The third-order valence-corrected chi connectivity index (χ3v) is 8.24. The smallest absolute Gasteiger partial charge is 0.480 e. The molecule has 0 bridgehead atoms. The van der Waals surface area contributed by atoms with Crippen molar-refractivity contribution in [3.63, 3.8) is 0 Å². The largest absolute Gasteiger partial charge is 0.524 e. The average molecular weight is 731 g/mol. The van der Waals surface area contributed by atoms with Crippen LogP contribution in [0.4, 0.5) is 5.82 Å². The number of carboxylic acid groups (broad SMARTS) is 1. The van der Waals surface area contributed by atoms with Crippen LogP contribution in [-0.4, -0.2) is 76.2 Å². The van der Waals surface area contributed by atoms with Crippen molar-refractivity contribution in [2.24, 2.45) is 0 Å². The Bertz CT molecular complexity index is 2080. The summed E-state index contributed by atoms with van der Waals surface area (Å²) in [4.78, 5) is 83.5. The Balaban J connectivity index is 1.34. The number of fused-ring (bicyclic) bond motifs is 1. The van der Waals surface area contributed by atoms with E-state index in [4.69, 9.17) is 15.5 Å². The number of hydrogen-bond acceptors (Lipinski definition) is 10. The fourth-order valence-corrected chi connectivity index (χ4v) is 5.73. The Hall–Kier alpha value is -6.16. The normalized spacial score (nSPS) is 13.0. The van der Waals surface area contributed by atoms with Crippen molar-refractivity contribution in [2.75, 3.05) is 5.73 Å². The number of nitrogens with one attached hydrogen (secondary N) is 3. The predicted molar refractivity (Wildman–Crippen MR) is 186 cm³/mol. The van der Waals surface area contributed by atoms with Crippen molar-refractivity contribution in [3.05, 3.63) is 114 Å². The molecular formula is C34H35N8O9P. The monoisotopic (exact) mass is 730 g/mol. The van der Waals surface area contributed by atoms with Gasteiger partial charge in [0.05, 0.1) is 6.33 Å². The van der Waals surface area contributed by atoms with Gasteiger partial charge in [0, 0.05) is 19.3 Å². The molecule has 3 amide bonds. The van der Waals surface area contributed by atoms with E-state index in [1.807, 2.05) is 0 Å². The molecule has 2 heterocycles. The molecule has 3 aromatic carbocycles. The second-order valence-corrected chi connectivity index (χ2v) is 12.9. The number of aliphatic carboxylic acids is 1. The van der Waals surface area contributed by atoms with Gasteiger partial charge in [-0.05, 0) is 28.8 Å². The molecule has 0 aliphatic carbocycles. The maximum absolute atomic E-state index is 13.9. The van der Waals surface area contributed by atoms with Gasteiger partial charge in [0.2, 0.25) is 17.7 Å². The molecule has 0 radical (unpaired) electrons. The quantitative estimate of drug-likeness (QED) is 0.0704. The van der Waals surface area contributed by atoms with Gasteiger partial charge in [-0.15, -0.1) is 0 Å². The third kappa shape index (κ3) is 10.4. The molecule has 0 saturated carbocycles. The van der Waals surface area contributed by atoms with E-state index in [1.54, 1.807) is 60.7 Å². The van der Waals surface area contributed by atoms with Crippen molar-refractivity contribution in [2.45, 2.75) is 43.9 Å². The molecule has 0 unspecified atom stereocenters. The summed E-state index contributed by atoms with van der Waals surface area (Å²) in [5, 5.41) is 17.9. The second-order valence-electron chi connectivity index (χ2n) is 11.7. The lowest BCUT2D eigenvalue weighted by Crippen LogP contribution is -2.57. The fourth-order valence-electron chi connectivity index (χ4n) is 5.33. The van der Waals surface area contributed by atoms with Gasteiger partial charge in [0.15, 0.2) is 11.5 Å². The number of amides is 3. The van der Waals surface area contributed by atoms with Crippen molar-refractivity contribution >= 4 is 48.5 Å². The number of carbonyl (C=O) groups excluding carboxylic acids is 3. The fraction of sp³-hybridized carbons (Fsp3) is 0.206. The number of nitrogens with zero attached hydrogens (tertiary/aromatic N) is 4. The zero-order valence-corrected chi connectivity index (χ0v) is 28.3. The summed E-state index contributed by atoms with van der Waals surface area (Å²) in [5.74, 6) is -3.39. The van der Waals surface area contributed by atoms with Gasteiger partial charge < -0.3 is 35.9 Å². The number of nitrogens with two attached hydrogens (primary N) is 1. The van der Waals surface area contributed by atoms with Crippen molar-refractivity contribution < 1.29 is 43.2 Å². The molecule has 0 fully saturated rings. The Labute approximate surface area is 296 Å². The minimum absolute atomic E-state index is 0.00663. The first-order chi connectivity index (χ1) is 24.8. The maximum Gasteiger partial charge on any atom is 0.524 e. The van der Waals surface area contributed by atoms with E-state index in [0.29, 0.717) is 22.3 Å². The molecule has 0 aliphatic heterocycles. The van der Waals surface area contributed by atoms with E-state index < -0.39 is 49.6 Å². The molecule has 5 aromatic rings. The van der Waals surface area contributed by atoms with Gasteiger partial charge in [-0.3, -0.25) is 24.2 Å². The zero-order chi connectivity index (χ0) is 37.3. The lowest BCUT2D eigenvalue weighted by molar-refractivity contribution is -0.142. The number of carbonyl (C=O) groups is 4. The van der Waals surface area contributed by atoms with Gasteiger partial charge in [-0.2, -0.15) is 0 Å². The standard InChI is InChI=1S/C34H35N8O9P/c35-30-29-31(37-19-36-30)42(20-38-29)18-28(43)39-25(15-21-7-3-1-4-8-21)32(44)40-26(16-22-9-5-2-6-10-22)33(45)41-27(34(46)47)17-23-11-13-24(14-12-23)51-52(48,49)50/h1-14,19-20,25-27H,15-18H2,(H,39,43)(H,40,44)(H,41,45)(H,46,47)(H2,35,36,37)(H2,48,49,50)/t25-,26-,27-/m0/s1. The van der Waals surface area contributed by atoms with Crippen LogP contribution in [0.1, 0.15) is 16.7 Å². The van der Waals surface area contributed by atoms with Crippen LogP contribution in [0.5, 0.6) is 5.75 Å². The minimum atomic E-state index is -4.80. The van der Waals surface area contributed by atoms with E-state index in [-0.39, 0.29) is 37.4 Å². The number of phosphoric ester groups is 1. The Morgan fingerprint density at radius 2 is 1.25 bits per heavy atom. The van der Waals surface area contributed by atoms with Gasteiger partial charge in [-0.25, -0.2) is 24.3 Å². The van der Waals surface area contributed by atoms with E-state index in [1.165, 1.54) is 41.5 Å². The van der Waals surface area contributed by atoms with Crippen LogP contribution in [0.15, 0.2) is 97.6 Å². The van der Waals surface area contributed by atoms with E-state index in [2.05, 4.69) is 35.4 Å². The predicted octanol–water partition coefficient (Wildman–Crippen LogP) is 1.15. The summed E-state index contributed by atoms with van der Waals surface area (Å²) in [6, 6.07) is 19.2. The van der Waals surface area contributed by atoms with Crippen molar-refractivity contribution in [1.82, 2.24) is 35.5 Å². The maximum atomic E-state index is 13.9. The van der Waals surface area contributed by atoms with Crippen molar-refractivity contribution in [3.8, 4) is 5.75 Å². The number of rotatable bonds is 16. The number of nitrogen functional groups attached to an aromatic ring is 1. The minimum Gasteiger partial charge on any atom is -0.480 e. The van der Waals surface area contributed by atoms with Crippen LogP contribution in [-0.2, 0) is 49.6 Å². The summed E-state index contributed by atoms with van der Waals surface area (Å²) in [6.07, 6.45) is 2.48. The molecule has 18 heteroatoms. The molecule has 2 aromatic heterocycles. The molecule has 270 valence electrons. The number of anilines is 1. The highest BCUT2D eigenvalue weighted by molar-refractivity contribution is 7.46. The first kappa shape index (κ1) is 37.1. The molecule has 8 N–H and O–H groups in total. The number of imidazole rings is 1. The summed E-state index contributed by atoms with van der Waals surface area (Å²) < 4.78 is 17.1. The molecule has 52 heavy (non-hydrogen) atoms. The molecule has 0 aliphatic rings. The molecule has 5 rings (SSSR count). The van der Waals surface area contributed by atoms with Crippen LogP contribution >= 0.6 is 7.82 Å². The molecular weight excluding hydrogens is 695 g/mol. The van der Waals surface area contributed by atoms with E-state index >= 15 is 0 Å². The summed E-state index contributed by atoms with van der Waals surface area (Å²) in [6.45, 7) is -0.258. The van der Waals surface area contributed by atoms with Crippen LogP contribution in [0.25, 0.3) is 11.2 Å². The van der Waals surface area contributed by atoms with Gasteiger partial charge in [0.25, 0.3) is 0 Å². The SMILES string of the molecule is Nc1ncnc2c1ncn2CC(=O)N[C@@H](Cc1ccccc1)C(=O)N[C@@H](Cc1ccccc1)C(=O)N[C@@H](Cc1ccc(OP(=O)(O)O)cc1)C(=O)O.